The van der Waals surface area contributed by atoms with E-state index in [1.807, 2.05) is 0 Å². The Bertz CT molecular complexity index is 358. The summed E-state index contributed by atoms with van der Waals surface area (Å²) in [6.07, 6.45) is 7.28. The molecule has 0 spiro atoms. The van der Waals surface area contributed by atoms with E-state index in [-0.39, 0.29) is 11.3 Å². The van der Waals surface area contributed by atoms with Crippen LogP contribution in [-0.2, 0) is 4.79 Å². The van der Waals surface area contributed by atoms with Gasteiger partial charge in [0.1, 0.15) is 0 Å². The molecule has 3 heteroatoms. The third kappa shape index (κ3) is 3.80. The molecular formula is C18H33NO2. The Balaban J connectivity index is 1.86. The molecule has 0 heterocycles. The number of hydrogen-bond donors (Lipinski definition) is 2. The van der Waals surface area contributed by atoms with Crippen LogP contribution in [0.3, 0.4) is 0 Å². The number of aliphatic carboxylic acids is 1. The van der Waals surface area contributed by atoms with Crippen LogP contribution < -0.4 is 5.32 Å². The maximum absolute atomic E-state index is 11.4. The van der Waals surface area contributed by atoms with Crippen LogP contribution in [0.1, 0.15) is 66.2 Å². The molecule has 21 heavy (non-hydrogen) atoms. The lowest BCUT2D eigenvalue weighted by molar-refractivity contribution is -0.150. The van der Waals surface area contributed by atoms with Crippen molar-refractivity contribution in [2.24, 2.45) is 29.1 Å². The van der Waals surface area contributed by atoms with Crippen molar-refractivity contribution in [2.45, 2.75) is 72.3 Å². The monoisotopic (exact) mass is 295 g/mol. The minimum Gasteiger partial charge on any atom is -0.481 e. The van der Waals surface area contributed by atoms with E-state index < -0.39 is 5.97 Å². The lowest BCUT2D eigenvalue weighted by Crippen LogP contribution is -2.51. The van der Waals surface area contributed by atoms with Gasteiger partial charge in [-0.3, -0.25) is 4.79 Å². The van der Waals surface area contributed by atoms with E-state index in [1.54, 1.807) is 0 Å². The van der Waals surface area contributed by atoms with Crippen molar-refractivity contribution in [1.29, 1.82) is 0 Å². The summed E-state index contributed by atoms with van der Waals surface area (Å²) in [6, 6.07) is 0.481. The molecular weight excluding hydrogens is 262 g/mol. The zero-order chi connectivity index (χ0) is 15.6. The molecule has 122 valence electrons. The fourth-order valence-electron chi connectivity index (χ4n) is 4.38. The third-order valence-corrected chi connectivity index (χ3v) is 6.54. The van der Waals surface area contributed by atoms with Crippen molar-refractivity contribution >= 4 is 5.97 Å². The zero-order valence-electron chi connectivity index (χ0n) is 14.2. The molecule has 2 N–H and O–H groups in total. The van der Waals surface area contributed by atoms with Crippen LogP contribution in [0.5, 0.6) is 0 Å². The second kappa shape index (κ2) is 6.68. The maximum atomic E-state index is 11.4. The Labute approximate surface area is 129 Å². The largest absolute Gasteiger partial charge is 0.481 e. The number of carbonyl (C=O) groups is 1. The van der Waals surface area contributed by atoms with Crippen molar-refractivity contribution in [3.05, 3.63) is 0 Å². The third-order valence-electron chi connectivity index (χ3n) is 6.54. The smallest absolute Gasteiger partial charge is 0.307 e. The van der Waals surface area contributed by atoms with Crippen molar-refractivity contribution in [3.63, 3.8) is 0 Å². The van der Waals surface area contributed by atoms with E-state index in [0.717, 1.165) is 31.2 Å². The summed E-state index contributed by atoms with van der Waals surface area (Å²) in [4.78, 5) is 11.4. The molecule has 0 bridgehead atoms. The van der Waals surface area contributed by atoms with Crippen molar-refractivity contribution in [2.75, 3.05) is 6.54 Å². The number of carboxylic acid groups (broad SMARTS) is 1. The maximum Gasteiger partial charge on any atom is 0.307 e. The summed E-state index contributed by atoms with van der Waals surface area (Å²) < 4.78 is 0. The van der Waals surface area contributed by atoms with E-state index in [4.69, 9.17) is 0 Å². The first kappa shape index (κ1) is 16.8. The topological polar surface area (TPSA) is 49.3 Å². The van der Waals surface area contributed by atoms with Gasteiger partial charge in [-0.05, 0) is 55.4 Å². The van der Waals surface area contributed by atoms with Gasteiger partial charge >= 0.3 is 5.97 Å². The molecule has 0 radical (unpaired) electrons. The number of carboxylic acids is 1. The fraction of sp³-hybridized carbons (Fsp3) is 0.944. The fourth-order valence-corrected chi connectivity index (χ4v) is 4.38. The molecule has 0 aromatic rings. The molecule has 2 fully saturated rings. The molecule has 0 aliphatic heterocycles. The highest BCUT2D eigenvalue weighted by Gasteiger charge is 2.46. The molecule has 0 aromatic heterocycles. The van der Waals surface area contributed by atoms with Gasteiger partial charge in [-0.15, -0.1) is 0 Å². The van der Waals surface area contributed by atoms with Crippen LogP contribution in [0.25, 0.3) is 0 Å². The van der Waals surface area contributed by atoms with E-state index in [1.165, 1.54) is 25.7 Å². The van der Waals surface area contributed by atoms with Crippen LogP contribution in [-0.4, -0.2) is 23.7 Å². The summed E-state index contributed by atoms with van der Waals surface area (Å²) >= 11 is 0. The Morgan fingerprint density at radius 1 is 1.10 bits per heavy atom. The molecule has 2 aliphatic carbocycles. The predicted molar refractivity (Wildman–Crippen MR) is 86.2 cm³/mol. The van der Waals surface area contributed by atoms with E-state index >= 15 is 0 Å². The molecule has 3 nitrogen and oxygen atoms in total. The second-order valence-corrected chi connectivity index (χ2v) is 8.22. The average molecular weight is 295 g/mol. The molecule has 2 rings (SSSR count). The molecule has 0 amide bonds. The number of nitrogens with one attached hydrogen (secondary N) is 1. The van der Waals surface area contributed by atoms with Crippen molar-refractivity contribution < 1.29 is 9.90 Å². The molecule has 3 unspecified atom stereocenters. The second-order valence-electron chi connectivity index (χ2n) is 8.22. The predicted octanol–water partition coefficient (Wildman–Crippen LogP) is 3.93. The van der Waals surface area contributed by atoms with E-state index in [9.17, 15) is 9.90 Å². The van der Waals surface area contributed by atoms with Gasteiger partial charge in [-0.25, -0.2) is 0 Å². The lowest BCUT2D eigenvalue weighted by Gasteiger charge is -2.47. The standard InChI is InChI=1S/C18H33NO2/c1-12-5-7-14(8-6-12)11-19-16-10-9-15(17(20)21)18(3,4)13(16)2/h12-16,19H,5-11H2,1-4H3,(H,20,21). The van der Waals surface area contributed by atoms with Gasteiger partial charge in [0.25, 0.3) is 0 Å². The first-order valence-electron chi connectivity index (χ1n) is 8.78. The highest BCUT2D eigenvalue weighted by Crippen LogP contribution is 2.45. The van der Waals surface area contributed by atoms with Crippen LogP contribution >= 0.6 is 0 Å². The molecule has 3 atom stereocenters. The molecule has 2 aliphatic rings. The summed E-state index contributed by atoms with van der Waals surface area (Å²) in [5.41, 5.74) is -0.122. The van der Waals surface area contributed by atoms with Gasteiger partial charge in [-0.2, -0.15) is 0 Å². The van der Waals surface area contributed by atoms with E-state index in [2.05, 4.69) is 33.0 Å². The Morgan fingerprint density at radius 2 is 1.71 bits per heavy atom. The van der Waals surface area contributed by atoms with Gasteiger partial charge in [0.2, 0.25) is 0 Å². The zero-order valence-corrected chi connectivity index (χ0v) is 14.2. The van der Waals surface area contributed by atoms with Crippen LogP contribution in [0, 0.1) is 29.1 Å². The van der Waals surface area contributed by atoms with Crippen molar-refractivity contribution in [3.8, 4) is 0 Å². The van der Waals surface area contributed by atoms with Gasteiger partial charge in [-0.1, -0.05) is 40.5 Å². The Morgan fingerprint density at radius 3 is 2.29 bits per heavy atom. The molecule has 0 aromatic carbocycles. The highest BCUT2D eigenvalue weighted by molar-refractivity contribution is 5.71. The van der Waals surface area contributed by atoms with Gasteiger partial charge in [0.15, 0.2) is 0 Å². The average Bonchev–Trinajstić information content (AvgIpc) is 2.42. The summed E-state index contributed by atoms with van der Waals surface area (Å²) in [5, 5.41) is 13.2. The lowest BCUT2D eigenvalue weighted by atomic mass is 9.61. The van der Waals surface area contributed by atoms with Crippen LogP contribution in [0.2, 0.25) is 0 Å². The number of hydrogen-bond acceptors (Lipinski definition) is 2. The summed E-state index contributed by atoms with van der Waals surface area (Å²) in [7, 11) is 0. The minimum atomic E-state index is -0.619. The Hall–Kier alpha value is -0.570. The van der Waals surface area contributed by atoms with Crippen LogP contribution in [0.4, 0.5) is 0 Å². The number of rotatable bonds is 4. The van der Waals surface area contributed by atoms with Crippen LogP contribution in [0.15, 0.2) is 0 Å². The first-order chi connectivity index (χ1) is 9.82. The normalized spacial score (nSPS) is 39.9. The molecule has 2 saturated carbocycles. The first-order valence-corrected chi connectivity index (χ1v) is 8.78. The van der Waals surface area contributed by atoms with E-state index in [0.29, 0.717) is 12.0 Å². The SMILES string of the molecule is CC1CCC(CNC2CCC(C(=O)O)C(C)(C)C2C)CC1. The molecule has 0 saturated heterocycles. The Kier molecular flexibility index (Phi) is 5.34. The quantitative estimate of drug-likeness (QED) is 0.826. The van der Waals surface area contributed by atoms with Crippen molar-refractivity contribution in [1.82, 2.24) is 5.32 Å². The summed E-state index contributed by atoms with van der Waals surface area (Å²) in [5.74, 6) is 1.33. The van der Waals surface area contributed by atoms with Gasteiger partial charge < -0.3 is 10.4 Å². The van der Waals surface area contributed by atoms with Gasteiger partial charge in [0, 0.05) is 6.04 Å². The highest BCUT2D eigenvalue weighted by atomic mass is 16.4. The summed E-state index contributed by atoms with van der Waals surface area (Å²) in [6.45, 7) is 9.98. The minimum absolute atomic E-state index is 0.122. The van der Waals surface area contributed by atoms with Gasteiger partial charge in [0.05, 0.1) is 5.92 Å².